The summed E-state index contributed by atoms with van der Waals surface area (Å²) in [4.78, 5) is 15.3. The molecule has 0 aliphatic heterocycles. The first-order valence-corrected chi connectivity index (χ1v) is 19.4. The maximum atomic E-state index is 6.69. The molecule has 0 aliphatic rings. The number of aromatic nitrogens is 1. The molecule has 3 nitrogen and oxygen atoms in total. The summed E-state index contributed by atoms with van der Waals surface area (Å²) in [5.41, 5.74) is 12.2. The molecule has 0 saturated heterocycles. The Morgan fingerprint density at radius 3 is 1.06 bits per heavy atom. The summed E-state index contributed by atoms with van der Waals surface area (Å²) in [7, 11) is 0. The van der Waals surface area contributed by atoms with Gasteiger partial charge in [-0.3, -0.25) is 9.98 Å². The van der Waals surface area contributed by atoms with Gasteiger partial charge in [0.1, 0.15) is 0 Å². The van der Waals surface area contributed by atoms with Crippen molar-refractivity contribution in [3.63, 3.8) is 0 Å². The van der Waals surface area contributed by atoms with Crippen molar-refractivity contribution in [3.8, 4) is 0 Å². The summed E-state index contributed by atoms with van der Waals surface area (Å²) >= 11 is 6.69. The van der Waals surface area contributed by atoms with Crippen molar-refractivity contribution >= 4 is 35.4 Å². The van der Waals surface area contributed by atoms with Gasteiger partial charge in [-0.25, -0.2) is 4.98 Å². The molecule has 3 rings (SSSR count). The Morgan fingerprint density at radius 2 is 0.766 bits per heavy atom. The molecule has 1 heterocycles. The summed E-state index contributed by atoms with van der Waals surface area (Å²) < 4.78 is 0. The number of nitrogens with zero attached hydrogens (tertiary/aromatic N) is 3. The van der Waals surface area contributed by atoms with Crippen molar-refractivity contribution in [3.05, 3.63) is 86.2 Å². The van der Waals surface area contributed by atoms with Crippen LogP contribution in [-0.4, -0.2) is 17.4 Å². The summed E-state index contributed by atoms with van der Waals surface area (Å²) in [5.74, 6) is 0. The number of pyridine rings is 1. The molecule has 0 atom stereocenters. The first-order valence-electron chi connectivity index (χ1n) is 19.0. The predicted molar refractivity (Wildman–Crippen MR) is 208 cm³/mol. The van der Waals surface area contributed by atoms with Crippen molar-refractivity contribution in [2.24, 2.45) is 9.98 Å². The molecular formula is C43H62ClN3. The van der Waals surface area contributed by atoms with Crippen LogP contribution >= 0.6 is 11.6 Å². The van der Waals surface area contributed by atoms with Gasteiger partial charge in [-0.2, -0.15) is 0 Å². The van der Waals surface area contributed by atoms with Gasteiger partial charge in [0.2, 0.25) is 0 Å². The molecule has 256 valence electrons. The molecule has 0 N–H and O–H groups in total. The first-order chi connectivity index (χ1) is 23.0. The standard InChI is InChI=1S/C43H62ClN3/c1-7-13-19-33-25-35(21-15-9-3)42(36(26-33)22-16-10-4)45-31-40-29-39(44)30-41(47-40)32-46-43-37(23-17-11-5)27-34(20-14-8-2)28-38(43)24-18-12-6/h25-32H,7-24H2,1-6H3. The average molecular weight is 656 g/mol. The second-order valence-corrected chi connectivity index (χ2v) is 13.7. The zero-order valence-electron chi connectivity index (χ0n) is 30.6. The lowest BCUT2D eigenvalue weighted by molar-refractivity contribution is 0.767. The van der Waals surface area contributed by atoms with Gasteiger partial charge >= 0.3 is 0 Å². The fourth-order valence-corrected chi connectivity index (χ4v) is 6.43. The van der Waals surface area contributed by atoms with Crippen LogP contribution in [0.3, 0.4) is 0 Å². The van der Waals surface area contributed by atoms with Crippen LogP contribution in [0, 0.1) is 0 Å². The molecular weight excluding hydrogens is 594 g/mol. The molecule has 0 amide bonds. The summed E-state index contributed by atoms with van der Waals surface area (Å²) in [6.45, 7) is 13.6. The van der Waals surface area contributed by atoms with Crippen LogP contribution in [0.5, 0.6) is 0 Å². The van der Waals surface area contributed by atoms with Crippen molar-refractivity contribution in [1.29, 1.82) is 0 Å². The lowest BCUT2D eigenvalue weighted by Crippen LogP contribution is -1.99. The van der Waals surface area contributed by atoms with E-state index in [-0.39, 0.29) is 0 Å². The van der Waals surface area contributed by atoms with E-state index in [1.165, 1.54) is 110 Å². The molecule has 0 saturated carbocycles. The third kappa shape index (κ3) is 13.0. The predicted octanol–water partition coefficient (Wildman–Crippen LogP) is 13.3. The van der Waals surface area contributed by atoms with Crippen LogP contribution in [0.25, 0.3) is 0 Å². The molecule has 47 heavy (non-hydrogen) atoms. The minimum absolute atomic E-state index is 0.655. The van der Waals surface area contributed by atoms with Gasteiger partial charge in [0.05, 0.1) is 35.2 Å². The molecule has 2 aromatic carbocycles. The van der Waals surface area contributed by atoms with Crippen molar-refractivity contribution < 1.29 is 0 Å². The molecule has 0 radical (unpaired) electrons. The number of hydrogen-bond donors (Lipinski definition) is 0. The zero-order valence-corrected chi connectivity index (χ0v) is 31.3. The van der Waals surface area contributed by atoms with Gasteiger partial charge in [0.15, 0.2) is 0 Å². The fraction of sp³-hybridized carbons (Fsp3) is 0.558. The number of rotatable bonds is 22. The number of aliphatic imine (C=N–C) groups is 2. The molecule has 3 aromatic rings. The van der Waals surface area contributed by atoms with E-state index in [9.17, 15) is 0 Å². The van der Waals surface area contributed by atoms with Crippen LogP contribution < -0.4 is 0 Å². The van der Waals surface area contributed by atoms with Crippen molar-refractivity contribution in [1.82, 2.24) is 4.98 Å². The molecule has 0 aliphatic carbocycles. The minimum Gasteiger partial charge on any atom is -0.254 e. The smallest absolute Gasteiger partial charge is 0.0835 e. The molecule has 0 unspecified atom stereocenters. The highest BCUT2D eigenvalue weighted by atomic mass is 35.5. The Kier molecular flexibility index (Phi) is 18.1. The Bertz CT molecular complexity index is 1260. The molecule has 0 fully saturated rings. The Hall–Kier alpha value is -2.78. The van der Waals surface area contributed by atoms with E-state index in [0.29, 0.717) is 5.02 Å². The summed E-state index contributed by atoms with van der Waals surface area (Å²) in [6, 6.07) is 13.5. The maximum Gasteiger partial charge on any atom is 0.0835 e. The fourth-order valence-electron chi connectivity index (χ4n) is 6.21. The van der Waals surface area contributed by atoms with Crippen LogP contribution in [-0.2, 0) is 38.5 Å². The maximum absolute atomic E-state index is 6.69. The minimum atomic E-state index is 0.655. The lowest BCUT2D eigenvalue weighted by Gasteiger charge is -2.15. The van der Waals surface area contributed by atoms with Crippen LogP contribution in [0.15, 0.2) is 46.4 Å². The average Bonchev–Trinajstić information content (AvgIpc) is 3.07. The number of halogens is 1. The van der Waals surface area contributed by atoms with Gasteiger partial charge < -0.3 is 0 Å². The number of aryl methyl sites for hydroxylation is 6. The Morgan fingerprint density at radius 1 is 0.468 bits per heavy atom. The number of benzene rings is 2. The zero-order chi connectivity index (χ0) is 33.9. The Labute approximate surface area is 292 Å². The second-order valence-electron chi connectivity index (χ2n) is 13.3. The van der Waals surface area contributed by atoms with E-state index in [4.69, 9.17) is 26.6 Å². The van der Waals surface area contributed by atoms with Crippen LogP contribution in [0.2, 0.25) is 5.02 Å². The van der Waals surface area contributed by atoms with E-state index >= 15 is 0 Å². The van der Waals surface area contributed by atoms with Gasteiger partial charge in [-0.1, -0.05) is 116 Å². The molecule has 0 spiro atoms. The number of hydrogen-bond acceptors (Lipinski definition) is 3. The monoisotopic (exact) mass is 655 g/mol. The highest BCUT2D eigenvalue weighted by Crippen LogP contribution is 2.32. The van der Waals surface area contributed by atoms with Crippen LogP contribution in [0.1, 0.15) is 163 Å². The lowest BCUT2D eigenvalue weighted by atomic mass is 9.94. The topological polar surface area (TPSA) is 37.6 Å². The molecule has 1 aromatic heterocycles. The van der Waals surface area contributed by atoms with Crippen LogP contribution in [0.4, 0.5) is 11.4 Å². The quantitative estimate of drug-likeness (QED) is 0.0992. The van der Waals surface area contributed by atoms with Gasteiger partial charge in [-0.15, -0.1) is 0 Å². The third-order valence-corrected chi connectivity index (χ3v) is 9.19. The van der Waals surface area contributed by atoms with E-state index in [1.54, 1.807) is 0 Å². The third-order valence-electron chi connectivity index (χ3n) is 8.97. The largest absolute Gasteiger partial charge is 0.254 e. The Balaban J connectivity index is 2.02. The summed E-state index contributed by atoms with van der Waals surface area (Å²) in [6.07, 6.45) is 24.6. The van der Waals surface area contributed by atoms with E-state index in [1.807, 2.05) is 24.6 Å². The highest BCUT2D eigenvalue weighted by Gasteiger charge is 2.13. The second kappa shape index (κ2) is 22.0. The van der Waals surface area contributed by atoms with Gasteiger partial charge in [0, 0.05) is 5.02 Å². The molecule has 4 heteroatoms. The van der Waals surface area contributed by atoms with Crippen molar-refractivity contribution in [2.45, 2.75) is 157 Å². The summed E-state index contributed by atoms with van der Waals surface area (Å²) in [5, 5.41) is 0.655. The van der Waals surface area contributed by atoms with Crippen molar-refractivity contribution in [2.75, 3.05) is 0 Å². The highest BCUT2D eigenvalue weighted by molar-refractivity contribution is 6.31. The van der Waals surface area contributed by atoms with E-state index in [2.05, 4.69) is 65.8 Å². The molecule has 0 bridgehead atoms. The first kappa shape index (κ1) is 38.7. The van der Waals surface area contributed by atoms with E-state index in [0.717, 1.165) is 61.3 Å². The number of unbranched alkanes of at least 4 members (excludes halogenated alkanes) is 6. The van der Waals surface area contributed by atoms with Gasteiger partial charge in [-0.05, 0) is 123 Å². The van der Waals surface area contributed by atoms with E-state index < -0.39 is 0 Å². The van der Waals surface area contributed by atoms with Gasteiger partial charge in [0.25, 0.3) is 0 Å². The SMILES string of the molecule is CCCCc1cc(CCCC)c(N=Cc2cc(Cl)cc(C=Nc3c(CCCC)cc(CCCC)cc3CCCC)n2)c(CCCC)c1. The normalized spacial score (nSPS) is 11.8.